The van der Waals surface area contributed by atoms with Gasteiger partial charge >= 0.3 is 5.97 Å². The van der Waals surface area contributed by atoms with Gasteiger partial charge in [-0.3, -0.25) is 0 Å². The molecule has 0 amide bonds. The predicted molar refractivity (Wildman–Crippen MR) is 38.8 cm³/mol. The fourth-order valence-corrected chi connectivity index (χ4v) is 0.671. The Morgan fingerprint density at radius 3 is 2.73 bits per heavy atom. The summed E-state index contributed by atoms with van der Waals surface area (Å²) < 4.78 is 4.82. The second-order valence-electron chi connectivity index (χ2n) is 1.95. The molecule has 0 aromatic heterocycles. The lowest BCUT2D eigenvalue weighted by Crippen LogP contribution is -1.95. The number of hydrogen-bond donors (Lipinski definition) is 1. The highest BCUT2D eigenvalue weighted by molar-refractivity contribution is 5.87. The molecule has 0 aliphatic carbocycles. The molecule has 11 heavy (non-hydrogen) atoms. The average molecular weight is 151 g/mol. The monoisotopic (exact) mass is 151 g/mol. The third-order valence-corrected chi connectivity index (χ3v) is 1.25. The van der Waals surface area contributed by atoms with Crippen molar-refractivity contribution in [2.45, 2.75) is 0 Å². The van der Waals surface area contributed by atoms with Gasteiger partial charge in [0.2, 0.25) is 0 Å². The number of carboxylic acid groups (broad SMARTS) is 1. The van der Waals surface area contributed by atoms with E-state index in [9.17, 15) is 4.79 Å². The van der Waals surface area contributed by atoms with Crippen LogP contribution in [0.5, 0.6) is 5.75 Å². The fourth-order valence-electron chi connectivity index (χ4n) is 0.671. The summed E-state index contributed by atoms with van der Waals surface area (Å²) >= 11 is 0. The van der Waals surface area contributed by atoms with Crippen LogP contribution in [0, 0.1) is 6.07 Å². The largest absolute Gasteiger partial charge is 0.497 e. The minimum absolute atomic E-state index is 0.144. The topological polar surface area (TPSA) is 46.5 Å². The van der Waals surface area contributed by atoms with Gasteiger partial charge in [-0.2, -0.15) is 0 Å². The molecule has 0 saturated heterocycles. The maximum absolute atomic E-state index is 10.3. The molecule has 3 heteroatoms. The van der Waals surface area contributed by atoms with Crippen molar-refractivity contribution in [2.75, 3.05) is 7.11 Å². The summed E-state index contributed by atoms with van der Waals surface area (Å²) in [5.74, 6) is -0.373. The molecule has 3 nitrogen and oxygen atoms in total. The van der Waals surface area contributed by atoms with Gasteiger partial charge < -0.3 is 9.84 Å². The smallest absolute Gasteiger partial charge is 0.336 e. The Morgan fingerprint density at radius 1 is 1.64 bits per heavy atom. The maximum atomic E-state index is 10.3. The highest BCUT2D eigenvalue weighted by Gasteiger charge is 2.00. The number of rotatable bonds is 2. The Kier molecular flexibility index (Phi) is 2.11. The van der Waals surface area contributed by atoms with Crippen LogP contribution in [0.15, 0.2) is 18.2 Å². The van der Waals surface area contributed by atoms with E-state index in [1.54, 1.807) is 6.07 Å². The molecule has 1 aromatic carbocycles. The maximum Gasteiger partial charge on any atom is 0.336 e. The molecule has 0 bridgehead atoms. The third-order valence-electron chi connectivity index (χ3n) is 1.25. The molecular formula is C8H7O3. The van der Waals surface area contributed by atoms with Crippen molar-refractivity contribution in [1.82, 2.24) is 0 Å². The van der Waals surface area contributed by atoms with Gasteiger partial charge in [0, 0.05) is 6.07 Å². The number of aromatic carboxylic acids is 1. The summed E-state index contributed by atoms with van der Waals surface area (Å²) in [5, 5.41) is 8.48. The normalized spacial score (nSPS) is 9.18. The van der Waals surface area contributed by atoms with Gasteiger partial charge in [-0.25, -0.2) is 4.79 Å². The van der Waals surface area contributed by atoms with Crippen LogP contribution in [0.25, 0.3) is 0 Å². The first-order chi connectivity index (χ1) is 5.24. The van der Waals surface area contributed by atoms with Gasteiger partial charge in [-0.15, -0.1) is 0 Å². The molecule has 0 aliphatic rings. The predicted octanol–water partition coefficient (Wildman–Crippen LogP) is 1.19. The molecule has 0 fully saturated rings. The van der Waals surface area contributed by atoms with E-state index in [1.807, 2.05) is 0 Å². The van der Waals surface area contributed by atoms with Gasteiger partial charge in [-0.1, -0.05) is 0 Å². The first-order valence-electron chi connectivity index (χ1n) is 3.03. The molecule has 1 rings (SSSR count). The van der Waals surface area contributed by atoms with Crippen molar-refractivity contribution < 1.29 is 14.6 Å². The Bertz CT molecular complexity index is 251. The Hall–Kier alpha value is -1.51. The van der Waals surface area contributed by atoms with E-state index < -0.39 is 5.97 Å². The van der Waals surface area contributed by atoms with Crippen LogP contribution in [0.1, 0.15) is 10.4 Å². The highest BCUT2D eigenvalue weighted by Crippen LogP contribution is 2.09. The van der Waals surface area contributed by atoms with E-state index in [0.29, 0.717) is 5.75 Å². The number of carboxylic acids is 1. The van der Waals surface area contributed by atoms with Crippen LogP contribution < -0.4 is 4.74 Å². The Morgan fingerprint density at radius 2 is 2.36 bits per heavy atom. The highest BCUT2D eigenvalue weighted by atomic mass is 16.5. The van der Waals surface area contributed by atoms with E-state index in [1.165, 1.54) is 19.2 Å². The van der Waals surface area contributed by atoms with Gasteiger partial charge in [0.05, 0.1) is 12.7 Å². The number of benzene rings is 1. The number of ether oxygens (including phenoxy) is 1. The lowest BCUT2D eigenvalue weighted by Gasteiger charge is -1.97. The van der Waals surface area contributed by atoms with Gasteiger partial charge in [0.1, 0.15) is 5.75 Å². The SMILES string of the molecule is COc1c[c]c(C(=O)O)cc1. The van der Waals surface area contributed by atoms with Crippen LogP contribution in [-0.2, 0) is 0 Å². The van der Waals surface area contributed by atoms with E-state index >= 15 is 0 Å². The third kappa shape index (κ3) is 1.70. The van der Waals surface area contributed by atoms with Gasteiger partial charge in [0.25, 0.3) is 0 Å². The van der Waals surface area contributed by atoms with Crippen molar-refractivity contribution in [3.63, 3.8) is 0 Å². The molecule has 0 heterocycles. The van der Waals surface area contributed by atoms with Crippen LogP contribution in [0.2, 0.25) is 0 Å². The lowest BCUT2D eigenvalue weighted by molar-refractivity contribution is 0.0696. The van der Waals surface area contributed by atoms with Crippen molar-refractivity contribution in [1.29, 1.82) is 0 Å². The molecule has 0 aliphatic heterocycles. The Balaban J connectivity index is 2.91. The van der Waals surface area contributed by atoms with Crippen LogP contribution in [0.4, 0.5) is 0 Å². The summed E-state index contributed by atoms with van der Waals surface area (Å²) in [5.41, 5.74) is 0.144. The van der Waals surface area contributed by atoms with E-state index in [4.69, 9.17) is 9.84 Å². The number of methoxy groups -OCH3 is 1. The quantitative estimate of drug-likeness (QED) is 0.690. The molecule has 0 atom stereocenters. The summed E-state index contributed by atoms with van der Waals surface area (Å²) in [4.78, 5) is 10.3. The summed E-state index contributed by atoms with van der Waals surface area (Å²) in [6.45, 7) is 0. The minimum Gasteiger partial charge on any atom is -0.497 e. The molecule has 0 unspecified atom stereocenters. The fraction of sp³-hybridized carbons (Fsp3) is 0.125. The first kappa shape index (κ1) is 7.60. The molecule has 1 radical (unpaired) electrons. The summed E-state index contributed by atoms with van der Waals surface area (Å²) in [6, 6.07) is 7.08. The van der Waals surface area contributed by atoms with Crippen LogP contribution in [0.3, 0.4) is 0 Å². The molecule has 1 N–H and O–H groups in total. The van der Waals surface area contributed by atoms with Crippen molar-refractivity contribution in [3.05, 3.63) is 29.8 Å². The molecule has 57 valence electrons. The zero-order valence-electron chi connectivity index (χ0n) is 6.00. The second-order valence-corrected chi connectivity index (χ2v) is 1.95. The van der Waals surface area contributed by atoms with E-state index in [-0.39, 0.29) is 5.56 Å². The van der Waals surface area contributed by atoms with Gasteiger partial charge in [0.15, 0.2) is 0 Å². The van der Waals surface area contributed by atoms with E-state index in [0.717, 1.165) is 0 Å². The minimum atomic E-state index is -0.979. The number of carbonyl (C=O) groups is 1. The van der Waals surface area contributed by atoms with E-state index in [2.05, 4.69) is 6.07 Å². The summed E-state index contributed by atoms with van der Waals surface area (Å²) in [6.07, 6.45) is 0. The second kappa shape index (κ2) is 3.05. The molecule has 0 saturated carbocycles. The Labute approximate surface area is 64.2 Å². The van der Waals surface area contributed by atoms with Crippen LogP contribution >= 0.6 is 0 Å². The van der Waals surface area contributed by atoms with Crippen LogP contribution in [-0.4, -0.2) is 18.2 Å². The lowest BCUT2D eigenvalue weighted by atomic mass is 10.2. The molecular weight excluding hydrogens is 144 g/mol. The standard InChI is InChI=1S/C8H7O3/c1-11-7-4-2-6(3-5-7)8(9)10/h2,4-5H,1H3,(H,9,10). The number of hydrogen-bond acceptors (Lipinski definition) is 2. The van der Waals surface area contributed by atoms with Gasteiger partial charge in [-0.05, 0) is 18.2 Å². The van der Waals surface area contributed by atoms with Crippen molar-refractivity contribution >= 4 is 5.97 Å². The average Bonchev–Trinajstić information content (AvgIpc) is 2.05. The zero-order chi connectivity index (χ0) is 8.27. The zero-order valence-corrected chi connectivity index (χ0v) is 6.00. The molecule has 0 spiro atoms. The first-order valence-corrected chi connectivity index (χ1v) is 3.03. The molecule has 1 aromatic rings. The van der Waals surface area contributed by atoms with Crippen molar-refractivity contribution in [2.24, 2.45) is 0 Å². The van der Waals surface area contributed by atoms with Crippen molar-refractivity contribution in [3.8, 4) is 5.75 Å². The summed E-state index contributed by atoms with van der Waals surface area (Å²) in [7, 11) is 1.52.